The molecule has 0 radical (unpaired) electrons. The van der Waals surface area contributed by atoms with Crippen LogP contribution in [0.2, 0.25) is 5.15 Å². The number of rotatable bonds is 2. The molecule has 3 rings (SSSR count). The van der Waals surface area contributed by atoms with Crippen LogP contribution < -0.4 is 11.1 Å². The highest BCUT2D eigenvalue weighted by Gasteiger charge is 2.18. The van der Waals surface area contributed by atoms with E-state index in [2.05, 4.69) is 25.5 Å². The van der Waals surface area contributed by atoms with Crippen molar-refractivity contribution in [1.82, 2.24) is 20.2 Å². The van der Waals surface area contributed by atoms with Crippen LogP contribution in [0.15, 0.2) is 24.3 Å². The number of aromatic amines is 1. The van der Waals surface area contributed by atoms with E-state index in [0.717, 1.165) is 0 Å². The van der Waals surface area contributed by atoms with Crippen molar-refractivity contribution in [2.75, 3.05) is 11.1 Å². The topological polar surface area (TPSA) is 110 Å². The third kappa shape index (κ3) is 2.38. The molecule has 4 N–H and O–H groups in total. The number of fused-ring (bicyclic) bond motifs is 1. The first-order valence-corrected chi connectivity index (χ1v) is 6.48. The summed E-state index contributed by atoms with van der Waals surface area (Å²) >= 11 is 6.03. The fourth-order valence-electron chi connectivity index (χ4n) is 1.84. The van der Waals surface area contributed by atoms with Gasteiger partial charge in [0.2, 0.25) is 0 Å². The second-order valence-electron chi connectivity index (χ2n) is 4.42. The van der Waals surface area contributed by atoms with Gasteiger partial charge in [0.05, 0.1) is 22.4 Å². The lowest BCUT2D eigenvalue weighted by atomic mass is 10.3. The number of benzene rings is 1. The maximum atomic E-state index is 12.1. The highest BCUT2D eigenvalue weighted by molar-refractivity contribution is 6.32. The van der Waals surface area contributed by atoms with E-state index in [-0.39, 0.29) is 22.4 Å². The number of nitrogens with two attached hydrogens (primary N) is 1. The summed E-state index contributed by atoms with van der Waals surface area (Å²) in [4.78, 5) is 20.6. The van der Waals surface area contributed by atoms with Crippen LogP contribution in [0.25, 0.3) is 11.0 Å². The summed E-state index contributed by atoms with van der Waals surface area (Å²) in [7, 11) is 0. The number of aryl methyl sites for hydroxylation is 1. The normalized spacial score (nSPS) is 10.8. The molecule has 8 heteroatoms. The largest absolute Gasteiger partial charge is 0.395 e. The van der Waals surface area contributed by atoms with Crippen molar-refractivity contribution >= 4 is 40.0 Å². The molecule has 0 bridgehead atoms. The van der Waals surface area contributed by atoms with E-state index in [9.17, 15) is 4.79 Å². The zero-order valence-corrected chi connectivity index (χ0v) is 11.8. The monoisotopic (exact) mass is 302 g/mol. The molecular weight excluding hydrogens is 292 g/mol. The molecule has 2 heterocycles. The van der Waals surface area contributed by atoms with Crippen LogP contribution in [0.1, 0.15) is 16.2 Å². The van der Waals surface area contributed by atoms with Gasteiger partial charge in [-0.15, -0.1) is 0 Å². The van der Waals surface area contributed by atoms with Crippen LogP contribution in [0.4, 0.5) is 11.5 Å². The predicted octanol–water partition coefficient (Wildman–Crippen LogP) is 2.15. The standard InChI is InChI=1S/C13H11ClN6O/c1-6-9(15)10(20-19-6)13(21)18-12-11(14)16-7-4-2-3-5-8(7)17-12/h2-5H,15H2,1H3,(H,19,20)(H,17,18,21). The van der Waals surface area contributed by atoms with Crippen molar-refractivity contribution < 1.29 is 4.79 Å². The molecule has 0 spiro atoms. The van der Waals surface area contributed by atoms with E-state index in [4.69, 9.17) is 17.3 Å². The lowest BCUT2D eigenvalue weighted by Crippen LogP contribution is -2.16. The van der Waals surface area contributed by atoms with Crippen molar-refractivity contribution in [2.24, 2.45) is 0 Å². The lowest BCUT2D eigenvalue weighted by molar-refractivity contribution is 0.102. The Labute approximate surface area is 124 Å². The molecule has 0 atom stereocenters. The van der Waals surface area contributed by atoms with Crippen LogP contribution in [-0.4, -0.2) is 26.1 Å². The molecule has 0 aliphatic carbocycles. The molecular formula is C13H11ClN6O. The van der Waals surface area contributed by atoms with Crippen molar-refractivity contribution in [3.05, 3.63) is 40.8 Å². The van der Waals surface area contributed by atoms with Gasteiger partial charge >= 0.3 is 0 Å². The SMILES string of the molecule is Cc1[nH]nc(C(=O)Nc2nc3ccccc3nc2Cl)c1N. The zero-order chi connectivity index (χ0) is 15.0. The van der Waals surface area contributed by atoms with Crippen LogP contribution >= 0.6 is 11.6 Å². The molecule has 0 fully saturated rings. The predicted molar refractivity (Wildman–Crippen MR) is 80.2 cm³/mol. The summed E-state index contributed by atoms with van der Waals surface area (Å²) in [6, 6.07) is 7.22. The van der Waals surface area contributed by atoms with E-state index in [1.165, 1.54) is 0 Å². The van der Waals surface area contributed by atoms with E-state index in [0.29, 0.717) is 16.7 Å². The number of carbonyl (C=O) groups is 1. The van der Waals surface area contributed by atoms with Gasteiger partial charge in [-0.1, -0.05) is 23.7 Å². The third-order valence-corrected chi connectivity index (χ3v) is 3.23. The molecule has 2 aromatic heterocycles. The van der Waals surface area contributed by atoms with Crippen molar-refractivity contribution in [3.63, 3.8) is 0 Å². The molecule has 0 saturated heterocycles. The first kappa shape index (κ1) is 13.3. The van der Waals surface area contributed by atoms with Crippen molar-refractivity contribution in [2.45, 2.75) is 6.92 Å². The Hall–Kier alpha value is -2.67. The summed E-state index contributed by atoms with van der Waals surface area (Å²) in [5.74, 6) is -0.330. The number of para-hydroxylation sites is 2. The summed E-state index contributed by atoms with van der Waals surface area (Å²) in [6.07, 6.45) is 0. The molecule has 0 aliphatic rings. The minimum Gasteiger partial charge on any atom is -0.395 e. The van der Waals surface area contributed by atoms with Gasteiger partial charge in [-0.2, -0.15) is 5.10 Å². The summed E-state index contributed by atoms with van der Waals surface area (Å²) in [5.41, 5.74) is 8.05. The molecule has 1 aromatic carbocycles. The number of halogens is 1. The lowest BCUT2D eigenvalue weighted by Gasteiger charge is -2.06. The highest BCUT2D eigenvalue weighted by atomic mass is 35.5. The highest BCUT2D eigenvalue weighted by Crippen LogP contribution is 2.22. The Morgan fingerprint density at radius 1 is 1.29 bits per heavy atom. The van der Waals surface area contributed by atoms with Crippen LogP contribution in [-0.2, 0) is 0 Å². The van der Waals surface area contributed by atoms with Crippen molar-refractivity contribution in [1.29, 1.82) is 0 Å². The molecule has 21 heavy (non-hydrogen) atoms. The Bertz CT molecular complexity index is 844. The second kappa shape index (κ2) is 5.02. The Kier molecular flexibility index (Phi) is 3.19. The van der Waals surface area contributed by atoms with Gasteiger partial charge in [-0.3, -0.25) is 9.89 Å². The smallest absolute Gasteiger partial charge is 0.279 e. The Morgan fingerprint density at radius 3 is 2.57 bits per heavy atom. The number of nitrogen functional groups attached to an aromatic ring is 1. The molecule has 0 saturated carbocycles. The summed E-state index contributed by atoms with van der Waals surface area (Å²) in [6.45, 7) is 1.72. The average Bonchev–Trinajstić information content (AvgIpc) is 2.80. The first-order valence-electron chi connectivity index (χ1n) is 6.10. The van der Waals surface area contributed by atoms with E-state index in [1.54, 1.807) is 19.1 Å². The van der Waals surface area contributed by atoms with Gasteiger partial charge in [0.15, 0.2) is 16.7 Å². The van der Waals surface area contributed by atoms with E-state index in [1.807, 2.05) is 12.1 Å². The molecule has 0 aliphatic heterocycles. The Morgan fingerprint density at radius 2 is 1.95 bits per heavy atom. The molecule has 7 nitrogen and oxygen atoms in total. The summed E-state index contributed by atoms with van der Waals surface area (Å²) in [5, 5.41) is 9.16. The van der Waals surface area contributed by atoms with Crippen LogP contribution in [0.3, 0.4) is 0 Å². The van der Waals surface area contributed by atoms with Gasteiger partial charge in [0, 0.05) is 0 Å². The number of nitrogens with one attached hydrogen (secondary N) is 2. The number of H-pyrrole nitrogens is 1. The maximum absolute atomic E-state index is 12.1. The van der Waals surface area contributed by atoms with Gasteiger partial charge in [-0.25, -0.2) is 9.97 Å². The zero-order valence-electron chi connectivity index (χ0n) is 11.0. The molecule has 106 valence electrons. The number of carbonyl (C=O) groups excluding carboxylic acids is 1. The number of hydrogen-bond donors (Lipinski definition) is 3. The van der Waals surface area contributed by atoms with Gasteiger partial charge in [-0.05, 0) is 19.1 Å². The molecule has 1 amide bonds. The molecule has 3 aromatic rings. The number of amides is 1. The third-order valence-electron chi connectivity index (χ3n) is 2.97. The first-order chi connectivity index (χ1) is 10.1. The van der Waals surface area contributed by atoms with Gasteiger partial charge in [0.1, 0.15) is 0 Å². The van der Waals surface area contributed by atoms with E-state index >= 15 is 0 Å². The fraction of sp³-hybridized carbons (Fsp3) is 0.0769. The minimum atomic E-state index is -0.497. The van der Waals surface area contributed by atoms with Crippen molar-refractivity contribution in [3.8, 4) is 0 Å². The Balaban J connectivity index is 1.96. The maximum Gasteiger partial charge on any atom is 0.279 e. The fourth-order valence-corrected chi connectivity index (χ4v) is 2.02. The number of nitrogens with zero attached hydrogens (tertiary/aromatic N) is 3. The van der Waals surface area contributed by atoms with Crippen LogP contribution in [0, 0.1) is 6.92 Å². The number of aromatic nitrogens is 4. The molecule has 0 unspecified atom stereocenters. The van der Waals surface area contributed by atoms with Gasteiger partial charge < -0.3 is 11.1 Å². The van der Waals surface area contributed by atoms with Crippen LogP contribution in [0.5, 0.6) is 0 Å². The van der Waals surface area contributed by atoms with Gasteiger partial charge in [0.25, 0.3) is 5.91 Å². The number of anilines is 2. The minimum absolute atomic E-state index is 0.0959. The quantitative estimate of drug-likeness (QED) is 0.672. The summed E-state index contributed by atoms with van der Waals surface area (Å²) < 4.78 is 0. The van der Waals surface area contributed by atoms with E-state index < -0.39 is 5.91 Å². The number of hydrogen-bond acceptors (Lipinski definition) is 5. The average molecular weight is 303 g/mol. The second-order valence-corrected chi connectivity index (χ2v) is 4.77.